The molecular formula is C25H26N2O4. The van der Waals surface area contributed by atoms with Gasteiger partial charge in [0.2, 0.25) is 5.88 Å². The number of nitrogens with zero attached hydrogens (tertiary/aromatic N) is 1. The molecule has 0 saturated heterocycles. The first kappa shape index (κ1) is 20.9. The van der Waals surface area contributed by atoms with E-state index in [1.807, 2.05) is 48.5 Å². The van der Waals surface area contributed by atoms with Gasteiger partial charge < -0.3 is 19.9 Å². The van der Waals surface area contributed by atoms with E-state index in [0.717, 1.165) is 40.8 Å². The average Bonchev–Trinajstić information content (AvgIpc) is 3.66. The molecule has 0 spiro atoms. The predicted molar refractivity (Wildman–Crippen MR) is 118 cm³/mol. The maximum Gasteiger partial charge on any atom is 0.257 e. The lowest BCUT2D eigenvalue weighted by Gasteiger charge is -2.14. The van der Waals surface area contributed by atoms with Crippen molar-refractivity contribution >= 4 is 5.91 Å². The Kier molecular flexibility index (Phi) is 6.48. The quantitative estimate of drug-likeness (QED) is 0.550. The number of methoxy groups -OCH3 is 1. The third-order valence-corrected chi connectivity index (χ3v) is 5.36. The summed E-state index contributed by atoms with van der Waals surface area (Å²) >= 11 is 0. The Hall–Kier alpha value is -3.38. The Bertz CT molecular complexity index is 1050. The smallest absolute Gasteiger partial charge is 0.257 e. The topological polar surface area (TPSA) is 80.7 Å². The molecule has 4 rings (SSSR count). The second-order valence-electron chi connectivity index (χ2n) is 7.68. The van der Waals surface area contributed by atoms with Gasteiger partial charge in [-0.1, -0.05) is 36.4 Å². The Balaban J connectivity index is 1.57. The Labute approximate surface area is 181 Å². The van der Waals surface area contributed by atoms with E-state index in [0.29, 0.717) is 30.5 Å². The van der Waals surface area contributed by atoms with E-state index in [-0.39, 0.29) is 12.5 Å². The highest BCUT2D eigenvalue weighted by Crippen LogP contribution is 2.31. The van der Waals surface area contributed by atoms with Crippen molar-refractivity contribution in [1.82, 2.24) is 10.3 Å². The molecule has 1 aliphatic carbocycles. The van der Waals surface area contributed by atoms with Crippen LogP contribution in [0.1, 0.15) is 34.3 Å². The van der Waals surface area contributed by atoms with E-state index < -0.39 is 0 Å². The molecule has 160 valence electrons. The molecule has 1 aromatic heterocycles. The maximum absolute atomic E-state index is 13.1. The number of rotatable bonds is 9. The summed E-state index contributed by atoms with van der Waals surface area (Å²) in [5.74, 6) is 1.40. The van der Waals surface area contributed by atoms with E-state index in [2.05, 4.69) is 10.3 Å². The van der Waals surface area contributed by atoms with Crippen molar-refractivity contribution in [2.45, 2.75) is 26.0 Å². The molecule has 0 aliphatic heterocycles. The fraction of sp³-hybridized carbons (Fsp3) is 0.280. The number of aromatic nitrogens is 1. The number of amides is 1. The zero-order valence-corrected chi connectivity index (χ0v) is 17.5. The van der Waals surface area contributed by atoms with Gasteiger partial charge in [-0.2, -0.15) is 0 Å². The molecule has 1 aliphatic rings. The molecule has 2 N–H and O–H groups in total. The van der Waals surface area contributed by atoms with Gasteiger partial charge in [-0.3, -0.25) is 4.79 Å². The van der Waals surface area contributed by atoms with Crippen LogP contribution in [-0.4, -0.2) is 29.7 Å². The summed E-state index contributed by atoms with van der Waals surface area (Å²) in [7, 11) is 1.62. The number of benzene rings is 2. The molecule has 1 saturated carbocycles. The van der Waals surface area contributed by atoms with Gasteiger partial charge in [0, 0.05) is 18.3 Å². The number of pyridine rings is 1. The van der Waals surface area contributed by atoms with Gasteiger partial charge in [-0.15, -0.1) is 0 Å². The van der Waals surface area contributed by atoms with Crippen LogP contribution in [-0.2, 0) is 13.2 Å². The number of aliphatic hydroxyl groups is 1. The average molecular weight is 418 g/mol. The number of carbonyl (C=O) groups is 1. The number of hydrogen-bond acceptors (Lipinski definition) is 5. The Morgan fingerprint density at radius 1 is 1.16 bits per heavy atom. The van der Waals surface area contributed by atoms with E-state index in [1.54, 1.807) is 19.4 Å². The van der Waals surface area contributed by atoms with Crippen molar-refractivity contribution in [3.63, 3.8) is 0 Å². The minimum atomic E-state index is -0.252. The molecule has 1 heterocycles. The second kappa shape index (κ2) is 9.62. The third-order valence-electron chi connectivity index (χ3n) is 5.36. The van der Waals surface area contributed by atoms with Gasteiger partial charge in [0.15, 0.2) is 0 Å². The van der Waals surface area contributed by atoms with Crippen LogP contribution in [0, 0.1) is 5.92 Å². The summed E-state index contributed by atoms with van der Waals surface area (Å²) in [5, 5.41) is 12.6. The van der Waals surface area contributed by atoms with E-state index in [4.69, 9.17) is 9.47 Å². The monoisotopic (exact) mass is 418 g/mol. The summed E-state index contributed by atoms with van der Waals surface area (Å²) in [4.78, 5) is 17.5. The van der Waals surface area contributed by atoms with Crippen LogP contribution >= 0.6 is 0 Å². The maximum atomic E-state index is 13.1. The molecule has 1 amide bonds. The van der Waals surface area contributed by atoms with Crippen LogP contribution in [0.3, 0.4) is 0 Å². The molecule has 0 atom stereocenters. The van der Waals surface area contributed by atoms with Crippen molar-refractivity contribution in [3.05, 3.63) is 77.5 Å². The molecule has 3 aromatic rings. The highest BCUT2D eigenvalue weighted by atomic mass is 16.5. The van der Waals surface area contributed by atoms with Crippen LogP contribution in [0.5, 0.6) is 11.6 Å². The predicted octanol–water partition coefficient (Wildman–Crippen LogP) is 3.97. The summed E-state index contributed by atoms with van der Waals surface area (Å²) in [5.41, 5.74) is 3.73. The first-order chi connectivity index (χ1) is 15.2. The standard InChI is InChI=1S/C25H26N2O4/c1-30-21-10-8-17(9-11-21)13-26-24(29)23-12-20(22-5-3-2-4-19(22)15-28)14-27-25(23)31-16-18-6-7-18/h2-5,8-12,14,18,28H,6-7,13,15-16H2,1H3,(H,26,29). The van der Waals surface area contributed by atoms with Gasteiger partial charge in [-0.25, -0.2) is 4.98 Å². The molecule has 1 fully saturated rings. The largest absolute Gasteiger partial charge is 0.497 e. The summed E-state index contributed by atoms with van der Waals surface area (Å²) < 4.78 is 11.0. The van der Waals surface area contributed by atoms with Crippen molar-refractivity contribution in [1.29, 1.82) is 0 Å². The molecular weight excluding hydrogens is 392 g/mol. The summed E-state index contributed by atoms with van der Waals surface area (Å²) in [6, 6.07) is 16.9. The SMILES string of the molecule is COc1ccc(CNC(=O)c2cc(-c3ccccc3CO)cnc2OCC2CC2)cc1. The first-order valence-electron chi connectivity index (χ1n) is 10.4. The van der Waals surface area contributed by atoms with Crippen molar-refractivity contribution in [3.8, 4) is 22.8 Å². The summed E-state index contributed by atoms with van der Waals surface area (Å²) in [6.07, 6.45) is 4.00. The van der Waals surface area contributed by atoms with Gasteiger partial charge >= 0.3 is 0 Å². The lowest BCUT2D eigenvalue weighted by molar-refractivity contribution is 0.0945. The molecule has 6 nitrogen and oxygen atoms in total. The summed E-state index contributed by atoms with van der Waals surface area (Å²) in [6.45, 7) is 0.857. The molecule has 0 radical (unpaired) electrons. The number of hydrogen-bond donors (Lipinski definition) is 2. The Morgan fingerprint density at radius 3 is 2.65 bits per heavy atom. The highest BCUT2D eigenvalue weighted by Gasteiger charge is 2.24. The van der Waals surface area contributed by atoms with E-state index in [1.165, 1.54) is 0 Å². The highest BCUT2D eigenvalue weighted by molar-refractivity contribution is 5.97. The molecule has 6 heteroatoms. The molecule has 31 heavy (non-hydrogen) atoms. The van der Waals surface area contributed by atoms with Crippen LogP contribution in [0.4, 0.5) is 0 Å². The minimum Gasteiger partial charge on any atom is -0.497 e. The minimum absolute atomic E-state index is 0.0882. The Morgan fingerprint density at radius 2 is 1.94 bits per heavy atom. The second-order valence-corrected chi connectivity index (χ2v) is 7.68. The number of nitrogens with one attached hydrogen (secondary N) is 1. The van der Waals surface area contributed by atoms with Crippen LogP contribution in [0.25, 0.3) is 11.1 Å². The van der Waals surface area contributed by atoms with Gasteiger partial charge in [0.1, 0.15) is 11.3 Å². The van der Waals surface area contributed by atoms with Crippen molar-refractivity contribution < 1.29 is 19.4 Å². The fourth-order valence-corrected chi connectivity index (χ4v) is 3.32. The molecule has 2 aromatic carbocycles. The van der Waals surface area contributed by atoms with Crippen LogP contribution < -0.4 is 14.8 Å². The molecule has 0 bridgehead atoms. The lowest BCUT2D eigenvalue weighted by atomic mass is 10.00. The van der Waals surface area contributed by atoms with E-state index >= 15 is 0 Å². The fourth-order valence-electron chi connectivity index (χ4n) is 3.32. The van der Waals surface area contributed by atoms with E-state index in [9.17, 15) is 9.90 Å². The third kappa shape index (κ3) is 5.22. The van der Waals surface area contributed by atoms with Crippen molar-refractivity contribution in [2.24, 2.45) is 5.92 Å². The lowest BCUT2D eigenvalue weighted by Crippen LogP contribution is -2.24. The number of ether oxygens (including phenoxy) is 2. The first-order valence-corrected chi connectivity index (χ1v) is 10.4. The van der Waals surface area contributed by atoms with Gasteiger partial charge in [0.25, 0.3) is 5.91 Å². The normalized spacial score (nSPS) is 13.0. The van der Waals surface area contributed by atoms with Gasteiger partial charge in [-0.05, 0) is 53.6 Å². The van der Waals surface area contributed by atoms with Crippen LogP contribution in [0.15, 0.2) is 60.8 Å². The number of aliphatic hydroxyl groups excluding tert-OH is 1. The number of carbonyl (C=O) groups excluding carboxylic acids is 1. The van der Waals surface area contributed by atoms with Crippen molar-refractivity contribution in [2.75, 3.05) is 13.7 Å². The zero-order chi connectivity index (χ0) is 21.6. The zero-order valence-electron chi connectivity index (χ0n) is 17.5. The van der Waals surface area contributed by atoms with Crippen LogP contribution in [0.2, 0.25) is 0 Å². The molecule has 0 unspecified atom stereocenters. The van der Waals surface area contributed by atoms with Gasteiger partial charge in [0.05, 0.1) is 20.3 Å².